The van der Waals surface area contributed by atoms with Crippen molar-refractivity contribution >= 4 is 5.91 Å². The molecule has 1 heterocycles. The maximum atomic E-state index is 12.0. The third-order valence-corrected chi connectivity index (χ3v) is 3.96. The molecule has 19 heavy (non-hydrogen) atoms. The molecule has 1 amide bonds. The smallest absolute Gasteiger partial charge is 0.250 e. The van der Waals surface area contributed by atoms with Gasteiger partial charge in [0.15, 0.2) is 0 Å². The Balaban J connectivity index is 2.44. The molecule has 5 nitrogen and oxygen atoms in total. The molecule has 1 aliphatic heterocycles. The largest absolute Gasteiger partial charge is 0.366 e. The summed E-state index contributed by atoms with van der Waals surface area (Å²) in [5.41, 5.74) is 0. The van der Waals surface area contributed by atoms with Crippen LogP contribution in [0.4, 0.5) is 0 Å². The van der Waals surface area contributed by atoms with Gasteiger partial charge in [0, 0.05) is 25.7 Å². The lowest BCUT2D eigenvalue weighted by molar-refractivity contribution is -0.134. The number of rotatable bonds is 7. The average Bonchev–Trinajstić information content (AvgIpc) is 2.43. The molecule has 0 bridgehead atoms. The first-order valence-electron chi connectivity index (χ1n) is 7.36. The summed E-state index contributed by atoms with van der Waals surface area (Å²) >= 11 is 0. The van der Waals surface area contributed by atoms with Crippen LogP contribution in [-0.2, 0) is 9.53 Å². The molecule has 0 aromatic carbocycles. The molecule has 0 spiro atoms. The van der Waals surface area contributed by atoms with E-state index in [-0.39, 0.29) is 12.0 Å². The number of morpholine rings is 1. The Morgan fingerprint density at radius 2 is 2.11 bits per heavy atom. The highest BCUT2D eigenvalue weighted by atomic mass is 16.5. The SMILES string of the molecule is CCC(CC)C(CNC(=O)C1CNCCO1)N(C)C. The summed E-state index contributed by atoms with van der Waals surface area (Å²) < 4.78 is 5.46. The number of hydrogen-bond donors (Lipinski definition) is 2. The van der Waals surface area contributed by atoms with Crippen LogP contribution >= 0.6 is 0 Å². The molecule has 2 N–H and O–H groups in total. The van der Waals surface area contributed by atoms with E-state index >= 15 is 0 Å². The second-order valence-corrected chi connectivity index (χ2v) is 5.42. The molecule has 0 saturated carbocycles. The van der Waals surface area contributed by atoms with E-state index in [9.17, 15) is 4.79 Å². The number of nitrogens with zero attached hydrogens (tertiary/aromatic N) is 1. The maximum Gasteiger partial charge on any atom is 0.250 e. The van der Waals surface area contributed by atoms with Gasteiger partial charge in [-0.05, 0) is 20.0 Å². The van der Waals surface area contributed by atoms with Gasteiger partial charge in [0.1, 0.15) is 6.10 Å². The molecular weight excluding hydrogens is 242 g/mol. The quantitative estimate of drug-likeness (QED) is 0.706. The first kappa shape index (κ1) is 16.4. The van der Waals surface area contributed by atoms with E-state index in [1.54, 1.807) is 0 Å². The molecule has 112 valence electrons. The Hall–Kier alpha value is -0.650. The highest BCUT2D eigenvalue weighted by Gasteiger charge is 2.25. The summed E-state index contributed by atoms with van der Waals surface area (Å²) in [4.78, 5) is 14.2. The number of carbonyl (C=O) groups excluding carboxylic acids is 1. The van der Waals surface area contributed by atoms with Crippen molar-refractivity contribution in [2.45, 2.75) is 38.8 Å². The lowest BCUT2D eigenvalue weighted by Gasteiger charge is -2.32. The van der Waals surface area contributed by atoms with Crippen molar-refractivity contribution in [3.63, 3.8) is 0 Å². The number of ether oxygens (including phenoxy) is 1. The van der Waals surface area contributed by atoms with Gasteiger partial charge in [-0.15, -0.1) is 0 Å². The van der Waals surface area contributed by atoms with E-state index in [1.807, 2.05) is 0 Å². The van der Waals surface area contributed by atoms with Gasteiger partial charge in [-0.2, -0.15) is 0 Å². The van der Waals surface area contributed by atoms with Crippen LogP contribution in [0.25, 0.3) is 0 Å². The van der Waals surface area contributed by atoms with Crippen molar-refractivity contribution in [2.24, 2.45) is 5.92 Å². The van der Waals surface area contributed by atoms with Crippen LogP contribution in [0.3, 0.4) is 0 Å². The van der Waals surface area contributed by atoms with E-state index in [0.717, 1.165) is 19.4 Å². The molecule has 0 aromatic heterocycles. The van der Waals surface area contributed by atoms with E-state index in [2.05, 4.69) is 43.5 Å². The highest BCUT2D eigenvalue weighted by molar-refractivity contribution is 5.81. The van der Waals surface area contributed by atoms with Crippen molar-refractivity contribution in [3.8, 4) is 0 Å². The zero-order valence-electron chi connectivity index (χ0n) is 12.7. The van der Waals surface area contributed by atoms with Gasteiger partial charge >= 0.3 is 0 Å². The van der Waals surface area contributed by atoms with Gasteiger partial charge in [-0.25, -0.2) is 0 Å². The molecule has 1 aliphatic rings. The molecule has 1 saturated heterocycles. The van der Waals surface area contributed by atoms with Crippen molar-refractivity contribution in [1.82, 2.24) is 15.5 Å². The van der Waals surface area contributed by atoms with E-state index in [4.69, 9.17) is 4.74 Å². The molecule has 1 rings (SSSR count). The van der Waals surface area contributed by atoms with E-state index in [0.29, 0.717) is 31.7 Å². The summed E-state index contributed by atoms with van der Waals surface area (Å²) in [6, 6.07) is 0.385. The summed E-state index contributed by atoms with van der Waals surface area (Å²) in [6.07, 6.45) is 1.94. The maximum absolute atomic E-state index is 12.0. The predicted octanol–water partition coefficient (Wildman–Crippen LogP) is 0.457. The van der Waals surface area contributed by atoms with Crippen LogP contribution in [0.5, 0.6) is 0 Å². The Morgan fingerprint density at radius 1 is 1.42 bits per heavy atom. The predicted molar refractivity (Wildman–Crippen MR) is 77.2 cm³/mol. The van der Waals surface area contributed by atoms with Gasteiger partial charge in [-0.3, -0.25) is 4.79 Å². The molecule has 5 heteroatoms. The third kappa shape index (κ3) is 5.09. The minimum atomic E-state index is -0.335. The number of nitrogens with one attached hydrogen (secondary N) is 2. The van der Waals surface area contributed by atoms with Crippen molar-refractivity contribution in [1.29, 1.82) is 0 Å². The van der Waals surface area contributed by atoms with Gasteiger partial charge in [0.25, 0.3) is 5.91 Å². The number of amides is 1. The van der Waals surface area contributed by atoms with Gasteiger partial charge < -0.3 is 20.3 Å². The lowest BCUT2D eigenvalue weighted by Crippen LogP contribution is -2.51. The van der Waals surface area contributed by atoms with Crippen LogP contribution in [-0.4, -0.2) is 63.3 Å². The first-order chi connectivity index (χ1) is 9.10. The minimum absolute atomic E-state index is 0.00464. The van der Waals surface area contributed by atoms with Crippen LogP contribution < -0.4 is 10.6 Å². The molecule has 0 aliphatic carbocycles. The lowest BCUT2D eigenvalue weighted by atomic mass is 9.93. The normalized spacial score (nSPS) is 21.7. The standard InChI is InChI=1S/C14H29N3O2/c1-5-11(6-2)12(17(3)4)9-16-14(18)13-10-15-7-8-19-13/h11-13,15H,5-10H2,1-4H3,(H,16,18). The molecule has 1 fully saturated rings. The minimum Gasteiger partial charge on any atom is -0.366 e. The summed E-state index contributed by atoms with van der Waals surface area (Å²) in [5, 5.41) is 6.21. The first-order valence-corrected chi connectivity index (χ1v) is 7.36. The van der Waals surface area contributed by atoms with Crippen molar-refractivity contribution < 1.29 is 9.53 Å². The van der Waals surface area contributed by atoms with Crippen LogP contribution in [0.1, 0.15) is 26.7 Å². The Morgan fingerprint density at radius 3 is 2.58 bits per heavy atom. The summed E-state index contributed by atoms with van der Waals surface area (Å²) in [6.45, 7) is 7.17. The fourth-order valence-electron chi connectivity index (χ4n) is 2.66. The van der Waals surface area contributed by atoms with Crippen LogP contribution in [0.15, 0.2) is 0 Å². The van der Waals surface area contributed by atoms with Crippen molar-refractivity contribution in [3.05, 3.63) is 0 Å². The van der Waals surface area contributed by atoms with Gasteiger partial charge in [0.05, 0.1) is 6.61 Å². The summed E-state index contributed by atoms with van der Waals surface area (Å²) in [5.74, 6) is 0.616. The van der Waals surface area contributed by atoms with Gasteiger partial charge in [0.2, 0.25) is 0 Å². The number of carbonyl (C=O) groups is 1. The second kappa shape index (κ2) is 8.51. The zero-order valence-corrected chi connectivity index (χ0v) is 12.7. The van der Waals surface area contributed by atoms with Crippen LogP contribution in [0.2, 0.25) is 0 Å². The van der Waals surface area contributed by atoms with Gasteiger partial charge in [-0.1, -0.05) is 26.7 Å². The average molecular weight is 271 g/mol. The topological polar surface area (TPSA) is 53.6 Å². The molecule has 2 atom stereocenters. The fourth-order valence-corrected chi connectivity index (χ4v) is 2.66. The molecule has 0 radical (unpaired) electrons. The van der Waals surface area contributed by atoms with Crippen molar-refractivity contribution in [2.75, 3.05) is 40.3 Å². The Bertz CT molecular complexity index is 261. The second-order valence-electron chi connectivity index (χ2n) is 5.42. The number of likely N-dealkylation sites (N-methyl/N-ethyl adjacent to an activating group) is 1. The highest BCUT2D eigenvalue weighted by Crippen LogP contribution is 2.16. The third-order valence-electron chi connectivity index (χ3n) is 3.96. The Kier molecular flexibility index (Phi) is 7.34. The molecule has 0 aromatic rings. The summed E-state index contributed by atoms with van der Waals surface area (Å²) in [7, 11) is 4.15. The Labute approximate surface area is 117 Å². The number of hydrogen-bond acceptors (Lipinski definition) is 4. The fraction of sp³-hybridized carbons (Fsp3) is 0.929. The zero-order chi connectivity index (χ0) is 14.3. The van der Waals surface area contributed by atoms with E-state index < -0.39 is 0 Å². The molecule has 2 unspecified atom stereocenters. The van der Waals surface area contributed by atoms with Crippen LogP contribution in [0, 0.1) is 5.92 Å². The van der Waals surface area contributed by atoms with E-state index in [1.165, 1.54) is 0 Å². The monoisotopic (exact) mass is 271 g/mol. The molecular formula is C14H29N3O2.